The second-order valence-electron chi connectivity index (χ2n) is 4.19. The first-order valence-electron chi connectivity index (χ1n) is 4.70. The van der Waals surface area contributed by atoms with Crippen molar-refractivity contribution in [2.24, 2.45) is 0 Å². The van der Waals surface area contributed by atoms with Gasteiger partial charge in [-0.2, -0.15) is 0 Å². The largest absolute Gasteiger partial charge is 0.493 e. The summed E-state index contributed by atoms with van der Waals surface area (Å²) in [4.78, 5) is 1.27. The van der Waals surface area contributed by atoms with Crippen molar-refractivity contribution in [3.8, 4) is 5.75 Å². The van der Waals surface area contributed by atoms with Gasteiger partial charge in [0.25, 0.3) is 0 Å². The predicted octanol–water partition coefficient (Wildman–Crippen LogP) is 4.15. The lowest BCUT2D eigenvalue weighted by atomic mass is 9.80. The quantitative estimate of drug-likeness (QED) is 0.760. The number of halogens is 1. The van der Waals surface area contributed by atoms with Gasteiger partial charge in [-0.05, 0) is 49.0 Å². The molecule has 0 unspecified atom stereocenters. The van der Waals surface area contributed by atoms with Crippen molar-refractivity contribution in [2.45, 2.75) is 30.6 Å². The van der Waals surface area contributed by atoms with Gasteiger partial charge in [-0.15, -0.1) is 0 Å². The Bertz CT molecular complexity index is 335. The zero-order chi connectivity index (χ0) is 10.2. The van der Waals surface area contributed by atoms with Crippen LogP contribution in [0.4, 0.5) is 0 Å². The van der Waals surface area contributed by atoms with E-state index in [2.05, 4.69) is 40.8 Å². The van der Waals surface area contributed by atoms with Crippen LogP contribution in [-0.4, -0.2) is 6.61 Å². The van der Waals surface area contributed by atoms with Crippen LogP contribution in [0.2, 0.25) is 0 Å². The molecule has 0 N–H and O–H groups in total. The van der Waals surface area contributed by atoms with Gasteiger partial charge in [-0.25, -0.2) is 0 Å². The van der Waals surface area contributed by atoms with Crippen LogP contribution in [0.15, 0.2) is 23.1 Å². The fraction of sp³-hybridized carbons (Fsp3) is 0.455. The Morgan fingerprint density at radius 1 is 1.43 bits per heavy atom. The number of hydrogen-bond acceptors (Lipinski definition) is 2. The Hall–Kier alpha value is -0.150. The third-order valence-corrected chi connectivity index (χ3v) is 4.29. The molecule has 0 amide bonds. The van der Waals surface area contributed by atoms with E-state index in [1.165, 1.54) is 10.5 Å². The van der Waals surface area contributed by atoms with Crippen LogP contribution >= 0.6 is 25.0 Å². The number of hydrogen-bond donors (Lipinski definition) is 0. The van der Waals surface area contributed by atoms with E-state index in [1.54, 1.807) is 10.2 Å². The molecule has 0 aliphatic carbocycles. The van der Waals surface area contributed by atoms with E-state index >= 15 is 0 Å². The van der Waals surface area contributed by atoms with Crippen molar-refractivity contribution in [2.75, 3.05) is 6.61 Å². The average Bonchev–Trinajstić information content (AvgIpc) is 2.16. The molecule has 1 aromatic carbocycles. The molecule has 0 saturated carbocycles. The zero-order valence-electron chi connectivity index (χ0n) is 8.34. The maximum atomic E-state index is 5.67. The summed E-state index contributed by atoms with van der Waals surface area (Å²) in [6.45, 7) is 5.39. The highest BCUT2D eigenvalue weighted by Crippen LogP contribution is 2.44. The Balaban J connectivity index is 2.58. The molecule has 0 spiro atoms. The van der Waals surface area contributed by atoms with E-state index in [9.17, 15) is 0 Å². The van der Waals surface area contributed by atoms with E-state index in [0.29, 0.717) is 0 Å². The molecule has 0 atom stereocenters. The van der Waals surface area contributed by atoms with E-state index in [0.717, 1.165) is 18.8 Å². The smallest absolute Gasteiger partial charge is 0.124 e. The maximum Gasteiger partial charge on any atom is 0.124 e. The predicted molar refractivity (Wildman–Crippen MR) is 64.4 cm³/mol. The monoisotopic (exact) mass is 272 g/mol. The summed E-state index contributed by atoms with van der Waals surface area (Å²) < 4.78 is 5.67. The molecule has 14 heavy (non-hydrogen) atoms. The Labute approximate surface area is 96.4 Å². The van der Waals surface area contributed by atoms with Gasteiger partial charge >= 0.3 is 0 Å². The van der Waals surface area contributed by atoms with Crippen LogP contribution in [0, 0.1) is 0 Å². The van der Waals surface area contributed by atoms with Crippen molar-refractivity contribution in [1.82, 2.24) is 0 Å². The van der Waals surface area contributed by atoms with Gasteiger partial charge in [0, 0.05) is 10.5 Å². The van der Waals surface area contributed by atoms with Crippen LogP contribution in [0.25, 0.3) is 0 Å². The van der Waals surface area contributed by atoms with Gasteiger partial charge in [0.05, 0.1) is 6.61 Å². The van der Waals surface area contributed by atoms with Crippen LogP contribution in [0.1, 0.15) is 25.8 Å². The van der Waals surface area contributed by atoms with Crippen LogP contribution in [0.5, 0.6) is 5.75 Å². The summed E-state index contributed by atoms with van der Waals surface area (Å²) in [7, 11) is 1.62. The fourth-order valence-electron chi connectivity index (χ4n) is 1.90. The van der Waals surface area contributed by atoms with Gasteiger partial charge in [0.15, 0.2) is 0 Å². The van der Waals surface area contributed by atoms with Gasteiger partial charge in [-0.3, -0.25) is 0 Å². The first kappa shape index (κ1) is 10.4. The van der Waals surface area contributed by atoms with Crippen molar-refractivity contribution >= 4 is 25.0 Å². The SMILES string of the molecule is CC1(C)CCOc2cccc(SBr)c21. The minimum absolute atomic E-state index is 0.227. The highest BCUT2D eigenvalue weighted by atomic mass is 79.9. The van der Waals surface area contributed by atoms with Gasteiger partial charge in [-0.1, -0.05) is 19.9 Å². The molecule has 1 aliphatic rings. The minimum atomic E-state index is 0.227. The second-order valence-corrected chi connectivity index (χ2v) is 5.75. The molecule has 76 valence electrons. The lowest BCUT2D eigenvalue weighted by Gasteiger charge is -2.33. The standard InChI is InChI=1S/C11H13BrOS/c1-11(2)6-7-13-8-4-3-5-9(14-12)10(8)11/h3-5H,6-7H2,1-2H3. The topological polar surface area (TPSA) is 9.23 Å². The number of benzene rings is 1. The molecule has 0 radical (unpaired) electrons. The third kappa shape index (κ3) is 1.68. The molecule has 1 aliphatic heterocycles. The number of ether oxygens (including phenoxy) is 1. The Kier molecular flexibility index (Phi) is 2.80. The normalized spacial score (nSPS) is 18.5. The van der Waals surface area contributed by atoms with Gasteiger partial charge in [0.2, 0.25) is 0 Å². The van der Waals surface area contributed by atoms with Crippen molar-refractivity contribution in [3.05, 3.63) is 23.8 Å². The van der Waals surface area contributed by atoms with E-state index in [-0.39, 0.29) is 5.41 Å². The molecule has 1 heterocycles. The van der Waals surface area contributed by atoms with Crippen molar-refractivity contribution in [1.29, 1.82) is 0 Å². The molecule has 3 heteroatoms. The van der Waals surface area contributed by atoms with Crippen LogP contribution in [0.3, 0.4) is 0 Å². The minimum Gasteiger partial charge on any atom is -0.493 e. The molecule has 0 saturated heterocycles. The summed E-state index contributed by atoms with van der Waals surface area (Å²) in [5, 5.41) is 0. The summed E-state index contributed by atoms with van der Waals surface area (Å²) in [6, 6.07) is 6.24. The van der Waals surface area contributed by atoms with Crippen molar-refractivity contribution in [3.63, 3.8) is 0 Å². The molecule has 1 nitrogen and oxygen atoms in total. The first-order chi connectivity index (χ1) is 6.65. The fourth-order valence-corrected chi connectivity index (χ4v) is 3.30. The Morgan fingerprint density at radius 2 is 2.21 bits per heavy atom. The first-order valence-corrected chi connectivity index (χ1v) is 7.36. The van der Waals surface area contributed by atoms with E-state index < -0.39 is 0 Å². The van der Waals surface area contributed by atoms with Crippen LogP contribution < -0.4 is 4.74 Å². The third-order valence-electron chi connectivity index (χ3n) is 2.73. The molecule has 0 fully saturated rings. The Morgan fingerprint density at radius 3 is 2.93 bits per heavy atom. The molecule has 2 rings (SSSR count). The van der Waals surface area contributed by atoms with Gasteiger partial charge < -0.3 is 4.74 Å². The summed E-state index contributed by atoms with van der Waals surface area (Å²) in [5.74, 6) is 1.05. The number of fused-ring (bicyclic) bond motifs is 1. The van der Waals surface area contributed by atoms with E-state index in [1.807, 2.05) is 6.07 Å². The molecular weight excluding hydrogens is 260 g/mol. The molecular formula is C11H13BrOS. The summed E-state index contributed by atoms with van der Waals surface area (Å²) >= 11 is 3.45. The zero-order valence-corrected chi connectivity index (χ0v) is 10.7. The number of rotatable bonds is 1. The summed E-state index contributed by atoms with van der Waals surface area (Å²) in [6.07, 6.45) is 1.09. The van der Waals surface area contributed by atoms with Crippen LogP contribution in [-0.2, 0) is 5.41 Å². The lowest BCUT2D eigenvalue weighted by Crippen LogP contribution is -2.27. The second kappa shape index (κ2) is 3.78. The molecule has 0 aromatic heterocycles. The van der Waals surface area contributed by atoms with E-state index in [4.69, 9.17) is 4.74 Å². The summed E-state index contributed by atoms with van der Waals surface area (Å²) in [5.41, 5.74) is 1.57. The average molecular weight is 273 g/mol. The van der Waals surface area contributed by atoms with Crippen molar-refractivity contribution < 1.29 is 4.74 Å². The molecule has 1 aromatic rings. The molecule has 0 bridgehead atoms. The van der Waals surface area contributed by atoms with Gasteiger partial charge in [0.1, 0.15) is 5.75 Å². The highest BCUT2D eigenvalue weighted by Gasteiger charge is 2.30. The lowest BCUT2D eigenvalue weighted by molar-refractivity contribution is 0.231. The maximum absolute atomic E-state index is 5.67. The highest BCUT2D eigenvalue weighted by molar-refractivity contribution is 9.50.